The van der Waals surface area contributed by atoms with Crippen molar-refractivity contribution in [1.82, 2.24) is 25.3 Å². The van der Waals surface area contributed by atoms with Crippen LogP contribution in [0.5, 0.6) is 0 Å². The van der Waals surface area contributed by atoms with Gasteiger partial charge in [-0.2, -0.15) is 0 Å². The van der Waals surface area contributed by atoms with Crippen LogP contribution in [0.1, 0.15) is 15.4 Å². The van der Waals surface area contributed by atoms with Gasteiger partial charge in [0.2, 0.25) is 0 Å². The first-order valence-electron chi connectivity index (χ1n) is 8.30. The number of carbonyl (C=O) groups excluding carboxylic acids is 1. The molecule has 0 fully saturated rings. The van der Waals surface area contributed by atoms with Crippen LogP contribution in [-0.2, 0) is 6.54 Å². The van der Waals surface area contributed by atoms with Gasteiger partial charge in [0.1, 0.15) is 5.01 Å². The molecule has 0 saturated carbocycles. The summed E-state index contributed by atoms with van der Waals surface area (Å²) in [7, 11) is 0. The summed E-state index contributed by atoms with van der Waals surface area (Å²) in [5.74, 6) is 0.302. The molecule has 0 aliphatic heterocycles. The number of carbonyl (C=O) groups is 1. The number of hydrogen-bond acceptors (Lipinski definition) is 6. The molecule has 1 amide bonds. The van der Waals surface area contributed by atoms with Crippen LogP contribution in [0.15, 0.2) is 72.6 Å². The normalized spacial score (nSPS) is 10.5. The molecule has 0 spiro atoms. The third-order valence-electron chi connectivity index (χ3n) is 3.86. The van der Waals surface area contributed by atoms with Crippen molar-refractivity contribution < 1.29 is 4.79 Å². The van der Waals surface area contributed by atoms with Gasteiger partial charge in [0.25, 0.3) is 5.91 Å². The SMILES string of the molecule is O=C(NCc1nc(-c2ccccc2)cs1)c1cnc(-c2cccnc2)nc1. The second-order valence-electron chi connectivity index (χ2n) is 5.71. The number of thiazole rings is 1. The topological polar surface area (TPSA) is 80.7 Å². The first-order valence-corrected chi connectivity index (χ1v) is 9.18. The average molecular weight is 373 g/mol. The zero-order valence-corrected chi connectivity index (χ0v) is 15.1. The van der Waals surface area contributed by atoms with Crippen molar-refractivity contribution >= 4 is 17.2 Å². The quantitative estimate of drug-likeness (QED) is 0.578. The molecule has 132 valence electrons. The summed E-state index contributed by atoms with van der Waals surface area (Å²) >= 11 is 1.52. The van der Waals surface area contributed by atoms with E-state index >= 15 is 0 Å². The number of nitrogens with one attached hydrogen (secondary N) is 1. The van der Waals surface area contributed by atoms with Crippen molar-refractivity contribution in [3.05, 3.63) is 83.2 Å². The zero-order chi connectivity index (χ0) is 18.5. The van der Waals surface area contributed by atoms with Crippen LogP contribution in [0, 0.1) is 0 Å². The summed E-state index contributed by atoms with van der Waals surface area (Å²) in [4.78, 5) is 29.4. The highest BCUT2D eigenvalue weighted by Crippen LogP contribution is 2.21. The summed E-state index contributed by atoms with van der Waals surface area (Å²) in [5.41, 5.74) is 3.18. The van der Waals surface area contributed by atoms with Crippen molar-refractivity contribution in [2.45, 2.75) is 6.54 Å². The fraction of sp³-hybridized carbons (Fsp3) is 0.0500. The van der Waals surface area contributed by atoms with Crippen LogP contribution in [0.2, 0.25) is 0 Å². The lowest BCUT2D eigenvalue weighted by Crippen LogP contribution is -2.23. The van der Waals surface area contributed by atoms with E-state index < -0.39 is 0 Å². The van der Waals surface area contributed by atoms with Crippen molar-refractivity contribution in [3.8, 4) is 22.6 Å². The van der Waals surface area contributed by atoms with E-state index in [4.69, 9.17) is 0 Å². The third-order valence-corrected chi connectivity index (χ3v) is 4.70. The summed E-state index contributed by atoms with van der Waals surface area (Å²) in [6.45, 7) is 0.362. The van der Waals surface area contributed by atoms with Crippen LogP contribution in [0.3, 0.4) is 0 Å². The fourth-order valence-corrected chi connectivity index (χ4v) is 3.22. The number of amides is 1. The summed E-state index contributed by atoms with van der Waals surface area (Å²) in [5, 5.41) is 5.69. The Bertz CT molecular complexity index is 1030. The fourth-order valence-electron chi connectivity index (χ4n) is 2.48. The Labute approximate surface area is 160 Å². The van der Waals surface area contributed by atoms with Gasteiger partial charge in [-0.1, -0.05) is 30.3 Å². The maximum Gasteiger partial charge on any atom is 0.254 e. The van der Waals surface area contributed by atoms with Crippen LogP contribution < -0.4 is 5.32 Å². The van der Waals surface area contributed by atoms with Crippen molar-refractivity contribution in [2.24, 2.45) is 0 Å². The molecule has 6 nitrogen and oxygen atoms in total. The Morgan fingerprint density at radius 1 is 0.963 bits per heavy atom. The Morgan fingerprint density at radius 2 is 1.74 bits per heavy atom. The van der Waals surface area contributed by atoms with Gasteiger partial charge in [-0.3, -0.25) is 9.78 Å². The molecule has 0 saturated heterocycles. The highest BCUT2D eigenvalue weighted by Gasteiger charge is 2.10. The largest absolute Gasteiger partial charge is 0.345 e. The Balaban J connectivity index is 1.39. The Hall–Kier alpha value is -3.45. The van der Waals surface area contributed by atoms with E-state index in [1.165, 1.54) is 23.7 Å². The number of aromatic nitrogens is 4. The van der Waals surface area contributed by atoms with Gasteiger partial charge in [-0.15, -0.1) is 11.3 Å². The number of benzene rings is 1. The molecular formula is C20H15N5OS. The van der Waals surface area contributed by atoms with Gasteiger partial charge < -0.3 is 5.32 Å². The predicted molar refractivity (Wildman–Crippen MR) is 104 cm³/mol. The van der Waals surface area contributed by atoms with E-state index in [-0.39, 0.29) is 5.91 Å². The minimum atomic E-state index is -0.232. The van der Waals surface area contributed by atoms with Gasteiger partial charge in [0, 0.05) is 41.3 Å². The van der Waals surface area contributed by atoms with E-state index in [0.717, 1.165) is 21.8 Å². The predicted octanol–water partition coefficient (Wildman–Crippen LogP) is 3.59. The molecule has 4 aromatic rings. The number of hydrogen-bond donors (Lipinski definition) is 1. The lowest BCUT2D eigenvalue weighted by molar-refractivity contribution is 0.0950. The van der Waals surface area contributed by atoms with Crippen LogP contribution in [0.4, 0.5) is 0 Å². The molecule has 1 N–H and O–H groups in total. The lowest BCUT2D eigenvalue weighted by Gasteiger charge is -2.04. The van der Waals surface area contributed by atoms with Gasteiger partial charge in [0.15, 0.2) is 5.82 Å². The van der Waals surface area contributed by atoms with E-state index in [1.807, 2.05) is 47.8 Å². The smallest absolute Gasteiger partial charge is 0.254 e. The zero-order valence-electron chi connectivity index (χ0n) is 14.2. The molecule has 1 aromatic carbocycles. The van der Waals surface area contributed by atoms with E-state index in [0.29, 0.717) is 17.9 Å². The molecule has 0 bridgehead atoms. The molecule has 27 heavy (non-hydrogen) atoms. The van der Waals surface area contributed by atoms with Gasteiger partial charge in [-0.25, -0.2) is 15.0 Å². The summed E-state index contributed by atoms with van der Waals surface area (Å²) in [6, 6.07) is 13.6. The second kappa shape index (κ2) is 7.84. The molecule has 0 unspecified atom stereocenters. The minimum absolute atomic E-state index is 0.232. The molecule has 0 atom stereocenters. The molecule has 0 radical (unpaired) electrons. The third kappa shape index (κ3) is 4.04. The molecule has 3 heterocycles. The minimum Gasteiger partial charge on any atom is -0.345 e. The van der Waals surface area contributed by atoms with E-state index in [9.17, 15) is 4.79 Å². The lowest BCUT2D eigenvalue weighted by atomic mass is 10.2. The maximum absolute atomic E-state index is 12.3. The van der Waals surface area contributed by atoms with Gasteiger partial charge >= 0.3 is 0 Å². The Morgan fingerprint density at radius 3 is 2.48 bits per heavy atom. The maximum atomic E-state index is 12.3. The van der Waals surface area contributed by atoms with Gasteiger partial charge in [0.05, 0.1) is 17.8 Å². The van der Waals surface area contributed by atoms with Crippen LogP contribution in [0.25, 0.3) is 22.6 Å². The van der Waals surface area contributed by atoms with Crippen LogP contribution in [-0.4, -0.2) is 25.8 Å². The second-order valence-corrected chi connectivity index (χ2v) is 6.65. The number of pyridine rings is 1. The molecule has 0 aliphatic carbocycles. The van der Waals surface area contributed by atoms with Crippen molar-refractivity contribution in [3.63, 3.8) is 0 Å². The van der Waals surface area contributed by atoms with Crippen molar-refractivity contribution in [1.29, 1.82) is 0 Å². The summed E-state index contributed by atoms with van der Waals surface area (Å²) in [6.07, 6.45) is 6.40. The van der Waals surface area contributed by atoms with E-state index in [2.05, 4.69) is 25.3 Å². The molecule has 0 aliphatic rings. The van der Waals surface area contributed by atoms with Gasteiger partial charge in [-0.05, 0) is 12.1 Å². The highest BCUT2D eigenvalue weighted by molar-refractivity contribution is 7.09. The average Bonchev–Trinajstić information content (AvgIpc) is 3.22. The number of nitrogens with zero attached hydrogens (tertiary/aromatic N) is 4. The molecule has 3 aromatic heterocycles. The summed E-state index contributed by atoms with van der Waals surface area (Å²) < 4.78 is 0. The standard InChI is InChI=1S/C20H15N5OS/c26-20(16-10-22-19(23-11-16)15-7-4-8-21-9-15)24-12-18-25-17(13-27-18)14-5-2-1-3-6-14/h1-11,13H,12H2,(H,24,26). The highest BCUT2D eigenvalue weighted by atomic mass is 32.1. The monoisotopic (exact) mass is 373 g/mol. The Kier molecular flexibility index (Phi) is 4.93. The molecule has 7 heteroatoms. The van der Waals surface area contributed by atoms with E-state index in [1.54, 1.807) is 12.4 Å². The first kappa shape index (κ1) is 17.0. The van der Waals surface area contributed by atoms with Crippen LogP contribution >= 0.6 is 11.3 Å². The van der Waals surface area contributed by atoms with Crippen molar-refractivity contribution in [2.75, 3.05) is 0 Å². The molecular weight excluding hydrogens is 358 g/mol. The molecule has 4 rings (SSSR count). The number of rotatable bonds is 5. The first-order chi connectivity index (χ1) is 13.3.